The third-order valence-electron chi connectivity index (χ3n) is 1.31. The molecule has 2 nitrogen and oxygen atoms in total. The fraction of sp³-hybridized carbons (Fsp3) is 0.250. The van der Waals surface area contributed by atoms with E-state index in [1.165, 1.54) is 11.3 Å². The lowest BCUT2D eigenvalue weighted by Gasteiger charge is -1.82. The summed E-state index contributed by atoms with van der Waals surface area (Å²) in [4.78, 5) is 21.2. The van der Waals surface area contributed by atoms with Crippen molar-refractivity contribution in [3.05, 3.63) is 21.9 Å². The van der Waals surface area contributed by atoms with Gasteiger partial charge in [-0.05, 0) is 17.0 Å². The van der Waals surface area contributed by atoms with E-state index in [0.29, 0.717) is 12.8 Å². The van der Waals surface area contributed by atoms with Gasteiger partial charge in [0.2, 0.25) is 0 Å². The highest BCUT2D eigenvalue weighted by atomic mass is 32.1. The zero-order chi connectivity index (χ0) is 8.10. The summed E-state index contributed by atoms with van der Waals surface area (Å²) < 4.78 is 0. The van der Waals surface area contributed by atoms with Gasteiger partial charge in [0, 0.05) is 17.7 Å². The van der Waals surface area contributed by atoms with Crippen LogP contribution in [0.2, 0.25) is 0 Å². The van der Waals surface area contributed by atoms with Gasteiger partial charge in [0.05, 0.1) is 0 Å². The van der Waals surface area contributed by atoms with Gasteiger partial charge < -0.3 is 9.59 Å². The first kappa shape index (κ1) is 8.14. The second-order valence-corrected chi connectivity index (χ2v) is 3.16. The lowest BCUT2D eigenvalue weighted by molar-refractivity contribution is -0.108. The van der Waals surface area contributed by atoms with Crippen molar-refractivity contribution in [2.45, 2.75) is 12.8 Å². The Bertz CT molecular complexity index is 228. The molecule has 0 spiro atoms. The van der Waals surface area contributed by atoms with Crippen LogP contribution in [0.1, 0.15) is 10.4 Å². The molecule has 0 aliphatic rings. The predicted molar refractivity (Wildman–Crippen MR) is 43.9 cm³/mol. The minimum atomic E-state index is 0.454. The van der Waals surface area contributed by atoms with E-state index in [0.717, 1.165) is 23.0 Å². The Morgan fingerprint density at radius 3 is 2.64 bits per heavy atom. The molecule has 0 atom stereocenters. The van der Waals surface area contributed by atoms with Crippen LogP contribution in [0.4, 0.5) is 0 Å². The molecule has 1 aromatic heterocycles. The number of hydrogen-bond acceptors (Lipinski definition) is 3. The number of hydrogen-bond donors (Lipinski definition) is 0. The van der Waals surface area contributed by atoms with Crippen LogP contribution in [0.15, 0.2) is 11.4 Å². The molecule has 0 aliphatic carbocycles. The molecular formula is C8H8O2S. The summed E-state index contributed by atoms with van der Waals surface area (Å²) >= 11 is 1.52. The smallest absolute Gasteiger partial charge is 0.125 e. The van der Waals surface area contributed by atoms with E-state index in [1.807, 2.05) is 11.4 Å². The van der Waals surface area contributed by atoms with E-state index in [1.54, 1.807) is 0 Å². The van der Waals surface area contributed by atoms with Gasteiger partial charge in [-0.3, -0.25) is 0 Å². The van der Waals surface area contributed by atoms with E-state index >= 15 is 0 Å². The van der Waals surface area contributed by atoms with E-state index in [2.05, 4.69) is 0 Å². The Hall–Kier alpha value is -0.960. The maximum absolute atomic E-state index is 10.1. The Kier molecular flexibility index (Phi) is 2.98. The van der Waals surface area contributed by atoms with Crippen molar-refractivity contribution in [1.82, 2.24) is 0 Å². The summed E-state index contributed by atoms with van der Waals surface area (Å²) in [5, 5.41) is 1.91. The fourth-order valence-electron chi connectivity index (χ4n) is 0.819. The van der Waals surface area contributed by atoms with E-state index in [9.17, 15) is 9.59 Å². The molecular weight excluding hydrogens is 160 g/mol. The summed E-state index contributed by atoms with van der Waals surface area (Å²) in [6.45, 7) is 0. The first-order valence-corrected chi connectivity index (χ1v) is 4.18. The molecule has 0 aliphatic heterocycles. The second kappa shape index (κ2) is 4.03. The quantitative estimate of drug-likeness (QED) is 0.634. The molecule has 1 heterocycles. The Labute approximate surface area is 68.9 Å². The number of aldehydes is 2. The van der Waals surface area contributed by atoms with Crippen LogP contribution >= 0.6 is 11.3 Å². The molecule has 1 rings (SSSR count). The van der Waals surface area contributed by atoms with Crippen molar-refractivity contribution >= 4 is 23.9 Å². The minimum absolute atomic E-state index is 0.454. The van der Waals surface area contributed by atoms with E-state index in [-0.39, 0.29) is 0 Å². The Morgan fingerprint density at radius 1 is 1.27 bits per heavy atom. The van der Waals surface area contributed by atoms with Gasteiger partial charge in [0.15, 0.2) is 0 Å². The SMILES string of the molecule is O=CCc1csc(CC=O)c1. The summed E-state index contributed by atoms with van der Waals surface area (Å²) in [5.41, 5.74) is 1.00. The lowest BCUT2D eigenvalue weighted by Crippen LogP contribution is -1.81. The third kappa shape index (κ3) is 2.27. The summed E-state index contributed by atoms with van der Waals surface area (Å²) in [6.07, 6.45) is 2.65. The van der Waals surface area contributed by atoms with Crippen molar-refractivity contribution in [2.24, 2.45) is 0 Å². The van der Waals surface area contributed by atoms with Crippen molar-refractivity contribution in [2.75, 3.05) is 0 Å². The Morgan fingerprint density at radius 2 is 2.00 bits per heavy atom. The standard InChI is InChI=1S/C8H8O2S/c9-3-1-7-5-8(2-4-10)11-6-7/h3-6H,1-2H2. The lowest BCUT2D eigenvalue weighted by atomic mass is 10.2. The van der Waals surface area contributed by atoms with Crippen LogP contribution in [0.25, 0.3) is 0 Å². The predicted octanol–water partition coefficient (Wildman–Crippen LogP) is 1.23. The zero-order valence-electron chi connectivity index (χ0n) is 5.95. The number of carbonyl (C=O) groups is 2. The molecule has 0 unspecified atom stereocenters. The van der Waals surface area contributed by atoms with Gasteiger partial charge >= 0.3 is 0 Å². The molecule has 0 saturated heterocycles. The van der Waals surface area contributed by atoms with Crippen LogP contribution in [-0.2, 0) is 22.4 Å². The van der Waals surface area contributed by atoms with Crippen molar-refractivity contribution in [3.63, 3.8) is 0 Å². The topological polar surface area (TPSA) is 34.1 Å². The first-order chi connectivity index (χ1) is 5.36. The van der Waals surface area contributed by atoms with Gasteiger partial charge in [-0.25, -0.2) is 0 Å². The average Bonchev–Trinajstić information content (AvgIpc) is 2.38. The van der Waals surface area contributed by atoms with Crippen molar-refractivity contribution in [1.29, 1.82) is 0 Å². The minimum Gasteiger partial charge on any atom is -0.303 e. The maximum Gasteiger partial charge on any atom is 0.125 e. The molecule has 0 bridgehead atoms. The monoisotopic (exact) mass is 168 g/mol. The zero-order valence-corrected chi connectivity index (χ0v) is 6.76. The van der Waals surface area contributed by atoms with Gasteiger partial charge in [-0.15, -0.1) is 11.3 Å². The average molecular weight is 168 g/mol. The van der Waals surface area contributed by atoms with Crippen LogP contribution in [0.5, 0.6) is 0 Å². The van der Waals surface area contributed by atoms with Crippen molar-refractivity contribution < 1.29 is 9.59 Å². The van der Waals surface area contributed by atoms with Gasteiger partial charge in [0.25, 0.3) is 0 Å². The molecule has 0 fully saturated rings. The molecule has 0 aromatic carbocycles. The summed E-state index contributed by atoms with van der Waals surface area (Å²) in [7, 11) is 0. The maximum atomic E-state index is 10.1. The van der Waals surface area contributed by atoms with Crippen LogP contribution in [0.3, 0.4) is 0 Å². The number of carbonyl (C=O) groups excluding carboxylic acids is 2. The van der Waals surface area contributed by atoms with Crippen molar-refractivity contribution in [3.8, 4) is 0 Å². The number of thiophene rings is 1. The Balaban J connectivity index is 2.64. The van der Waals surface area contributed by atoms with Crippen LogP contribution in [-0.4, -0.2) is 12.6 Å². The summed E-state index contributed by atoms with van der Waals surface area (Å²) in [5.74, 6) is 0. The van der Waals surface area contributed by atoms with E-state index < -0.39 is 0 Å². The summed E-state index contributed by atoms with van der Waals surface area (Å²) in [6, 6.07) is 1.90. The molecule has 11 heavy (non-hydrogen) atoms. The van der Waals surface area contributed by atoms with Gasteiger partial charge in [-0.1, -0.05) is 0 Å². The molecule has 0 amide bonds. The van der Waals surface area contributed by atoms with E-state index in [4.69, 9.17) is 0 Å². The second-order valence-electron chi connectivity index (χ2n) is 2.16. The third-order valence-corrected chi connectivity index (χ3v) is 2.32. The van der Waals surface area contributed by atoms with Gasteiger partial charge in [0.1, 0.15) is 12.6 Å². The highest BCUT2D eigenvalue weighted by Crippen LogP contribution is 2.14. The fourth-order valence-corrected chi connectivity index (χ4v) is 1.67. The highest BCUT2D eigenvalue weighted by Gasteiger charge is 1.97. The highest BCUT2D eigenvalue weighted by molar-refractivity contribution is 7.10. The molecule has 0 radical (unpaired) electrons. The molecule has 3 heteroatoms. The molecule has 0 N–H and O–H groups in total. The van der Waals surface area contributed by atoms with Crippen LogP contribution in [0, 0.1) is 0 Å². The number of rotatable bonds is 4. The molecule has 0 saturated carbocycles. The first-order valence-electron chi connectivity index (χ1n) is 3.30. The van der Waals surface area contributed by atoms with Crippen LogP contribution < -0.4 is 0 Å². The largest absolute Gasteiger partial charge is 0.303 e. The normalized spacial score (nSPS) is 9.45. The molecule has 1 aromatic rings. The van der Waals surface area contributed by atoms with Gasteiger partial charge in [-0.2, -0.15) is 0 Å². The molecule has 58 valence electrons.